The summed E-state index contributed by atoms with van der Waals surface area (Å²) in [5, 5.41) is 0. The van der Waals surface area contributed by atoms with Gasteiger partial charge < -0.3 is 14.2 Å². The molecule has 0 amide bonds. The molecule has 6 heteroatoms. The van der Waals surface area contributed by atoms with Crippen LogP contribution >= 0.6 is 0 Å². The number of rotatable bonds is 54. The van der Waals surface area contributed by atoms with E-state index in [1.165, 1.54) is 199 Å². The second-order valence-corrected chi connectivity index (χ2v) is 19.9. The molecule has 0 saturated heterocycles. The average molecular weight is 954 g/mol. The number of carbonyl (C=O) groups excluding carboxylic acids is 3. The molecule has 0 N–H and O–H groups in total. The highest BCUT2D eigenvalue weighted by Crippen LogP contribution is 2.16. The molecule has 0 radical (unpaired) electrons. The Morgan fingerprint density at radius 1 is 0.294 bits per heavy atom. The van der Waals surface area contributed by atoms with Gasteiger partial charge in [0.25, 0.3) is 0 Å². The molecule has 0 aliphatic rings. The van der Waals surface area contributed by atoms with Crippen molar-refractivity contribution in [2.24, 2.45) is 0 Å². The third kappa shape index (κ3) is 54.3. The second-order valence-electron chi connectivity index (χ2n) is 19.9. The SMILES string of the molecule is CCCCC/C=C\C/C=C\CCCCCCCCCCCC(=O)OC(COC(=O)CCCCCCCC)COC(=O)CCCCCCCCCCCCCCC/C=C\C/C=C\CCCCCCC. The molecule has 0 aromatic carbocycles. The van der Waals surface area contributed by atoms with Crippen molar-refractivity contribution < 1.29 is 28.6 Å². The summed E-state index contributed by atoms with van der Waals surface area (Å²) in [7, 11) is 0. The first-order valence-electron chi connectivity index (χ1n) is 29.6. The summed E-state index contributed by atoms with van der Waals surface area (Å²) in [5.74, 6) is -0.875. The zero-order valence-electron chi connectivity index (χ0n) is 45.4. The van der Waals surface area contributed by atoms with E-state index in [1.54, 1.807) is 0 Å². The summed E-state index contributed by atoms with van der Waals surface area (Å²) in [6.45, 7) is 6.57. The van der Waals surface area contributed by atoms with Crippen molar-refractivity contribution in [2.45, 2.75) is 316 Å². The van der Waals surface area contributed by atoms with E-state index in [-0.39, 0.29) is 31.1 Å². The van der Waals surface area contributed by atoms with Crippen molar-refractivity contribution in [1.29, 1.82) is 0 Å². The largest absolute Gasteiger partial charge is 0.462 e. The topological polar surface area (TPSA) is 78.9 Å². The highest BCUT2D eigenvalue weighted by molar-refractivity contribution is 5.71. The Kier molecular flexibility index (Phi) is 54.8. The number of ether oxygens (including phenoxy) is 3. The Hall–Kier alpha value is -2.63. The van der Waals surface area contributed by atoms with E-state index in [0.717, 1.165) is 70.6 Å². The lowest BCUT2D eigenvalue weighted by Crippen LogP contribution is -2.30. The zero-order valence-corrected chi connectivity index (χ0v) is 45.4. The van der Waals surface area contributed by atoms with Crippen LogP contribution in [0, 0.1) is 0 Å². The Morgan fingerprint density at radius 2 is 0.529 bits per heavy atom. The number of allylic oxidation sites excluding steroid dienone is 8. The molecule has 0 saturated carbocycles. The van der Waals surface area contributed by atoms with Crippen LogP contribution in [0.1, 0.15) is 310 Å². The van der Waals surface area contributed by atoms with Crippen molar-refractivity contribution >= 4 is 17.9 Å². The van der Waals surface area contributed by atoms with E-state index in [9.17, 15) is 14.4 Å². The van der Waals surface area contributed by atoms with Crippen LogP contribution in [-0.2, 0) is 28.6 Å². The molecule has 396 valence electrons. The van der Waals surface area contributed by atoms with Gasteiger partial charge in [0, 0.05) is 19.3 Å². The van der Waals surface area contributed by atoms with Crippen molar-refractivity contribution in [3.8, 4) is 0 Å². The molecule has 0 heterocycles. The van der Waals surface area contributed by atoms with Crippen LogP contribution in [0.4, 0.5) is 0 Å². The van der Waals surface area contributed by atoms with Crippen LogP contribution in [0.3, 0.4) is 0 Å². The predicted octanol–water partition coefficient (Wildman–Crippen LogP) is 19.8. The lowest BCUT2D eigenvalue weighted by atomic mass is 10.0. The van der Waals surface area contributed by atoms with Crippen LogP contribution < -0.4 is 0 Å². The molecule has 0 aliphatic heterocycles. The summed E-state index contributed by atoms with van der Waals surface area (Å²) in [6, 6.07) is 0. The molecule has 1 atom stereocenters. The molecule has 6 nitrogen and oxygen atoms in total. The van der Waals surface area contributed by atoms with Gasteiger partial charge in [-0.3, -0.25) is 14.4 Å². The van der Waals surface area contributed by atoms with Crippen LogP contribution in [-0.4, -0.2) is 37.2 Å². The Morgan fingerprint density at radius 3 is 0.838 bits per heavy atom. The fourth-order valence-corrected chi connectivity index (χ4v) is 8.56. The molecule has 68 heavy (non-hydrogen) atoms. The number of esters is 3. The molecule has 0 aromatic rings. The highest BCUT2D eigenvalue weighted by atomic mass is 16.6. The monoisotopic (exact) mass is 953 g/mol. The summed E-state index contributed by atoms with van der Waals surface area (Å²) in [6.07, 6.45) is 70.0. The van der Waals surface area contributed by atoms with Crippen molar-refractivity contribution in [2.75, 3.05) is 13.2 Å². The van der Waals surface area contributed by atoms with Crippen molar-refractivity contribution in [1.82, 2.24) is 0 Å². The molecule has 0 fully saturated rings. The zero-order chi connectivity index (χ0) is 49.3. The van der Waals surface area contributed by atoms with Crippen LogP contribution in [0.15, 0.2) is 48.6 Å². The maximum absolute atomic E-state index is 12.8. The first-order chi connectivity index (χ1) is 33.5. The van der Waals surface area contributed by atoms with E-state index < -0.39 is 6.10 Å². The Balaban J connectivity index is 4.09. The smallest absolute Gasteiger partial charge is 0.306 e. The van der Waals surface area contributed by atoms with Crippen molar-refractivity contribution in [3.05, 3.63) is 48.6 Å². The third-order valence-electron chi connectivity index (χ3n) is 13.1. The lowest BCUT2D eigenvalue weighted by Gasteiger charge is -2.18. The molecule has 0 rings (SSSR count). The summed E-state index contributed by atoms with van der Waals surface area (Å²) < 4.78 is 16.8. The van der Waals surface area contributed by atoms with Crippen LogP contribution in [0.2, 0.25) is 0 Å². The normalized spacial score (nSPS) is 12.3. The van der Waals surface area contributed by atoms with Crippen LogP contribution in [0.25, 0.3) is 0 Å². The Labute approximate surface area is 422 Å². The van der Waals surface area contributed by atoms with Gasteiger partial charge >= 0.3 is 17.9 Å². The maximum atomic E-state index is 12.8. The number of hydrogen-bond donors (Lipinski definition) is 0. The molecule has 0 aliphatic carbocycles. The van der Waals surface area contributed by atoms with E-state index in [0.29, 0.717) is 19.3 Å². The molecule has 0 spiro atoms. The maximum Gasteiger partial charge on any atom is 0.306 e. The first-order valence-corrected chi connectivity index (χ1v) is 29.6. The van der Waals surface area contributed by atoms with Crippen LogP contribution in [0.5, 0.6) is 0 Å². The third-order valence-corrected chi connectivity index (χ3v) is 13.1. The summed E-state index contributed by atoms with van der Waals surface area (Å²) in [5.41, 5.74) is 0. The van der Waals surface area contributed by atoms with Gasteiger partial charge in [-0.2, -0.15) is 0 Å². The van der Waals surface area contributed by atoms with Gasteiger partial charge in [-0.15, -0.1) is 0 Å². The molecular weight excluding hydrogens is 841 g/mol. The van der Waals surface area contributed by atoms with Gasteiger partial charge in [-0.05, 0) is 83.5 Å². The van der Waals surface area contributed by atoms with Gasteiger partial charge in [0.15, 0.2) is 6.10 Å². The molecular formula is C62H112O6. The lowest BCUT2D eigenvalue weighted by molar-refractivity contribution is -0.167. The average Bonchev–Trinajstić information content (AvgIpc) is 3.34. The minimum Gasteiger partial charge on any atom is -0.462 e. The van der Waals surface area contributed by atoms with Gasteiger partial charge in [0.1, 0.15) is 13.2 Å². The second kappa shape index (κ2) is 57.0. The number of hydrogen-bond acceptors (Lipinski definition) is 6. The van der Waals surface area contributed by atoms with E-state index in [4.69, 9.17) is 14.2 Å². The standard InChI is InChI=1S/C62H112O6/c1-4-7-10-13-16-18-20-22-24-26-28-29-30-31-32-33-35-36-38-40-42-44-46-49-52-55-61(64)67-58-59(57-66-60(63)54-51-48-15-12-9-6-3)68-62(65)56-53-50-47-45-43-41-39-37-34-27-25-23-21-19-17-14-11-8-5-2/h17,19-20,22-23,25-26,28,59H,4-16,18,21,24,27,29-58H2,1-3H3/b19-17-,22-20-,25-23-,28-26-. The minimum absolute atomic E-state index is 0.0729. The van der Waals surface area contributed by atoms with E-state index in [1.807, 2.05) is 0 Å². The molecule has 0 bridgehead atoms. The quantitative estimate of drug-likeness (QED) is 0.0262. The Bertz CT molecular complexity index is 1190. The van der Waals surface area contributed by atoms with Gasteiger partial charge in [-0.25, -0.2) is 0 Å². The summed E-state index contributed by atoms with van der Waals surface area (Å²) >= 11 is 0. The van der Waals surface area contributed by atoms with Gasteiger partial charge in [0.2, 0.25) is 0 Å². The van der Waals surface area contributed by atoms with Gasteiger partial charge in [0.05, 0.1) is 0 Å². The van der Waals surface area contributed by atoms with Gasteiger partial charge in [-0.1, -0.05) is 256 Å². The minimum atomic E-state index is -0.771. The fraction of sp³-hybridized carbons (Fsp3) is 0.823. The molecule has 1 unspecified atom stereocenters. The molecule has 0 aromatic heterocycles. The highest BCUT2D eigenvalue weighted by Gasteiger charge is 2.19. The van der Waals surface area contributed by atoms with Crippen molar-refractivity contribution in [3.63, 3.8) is 0 Å². The fourth-order valence-electron chi connectivity index (χ4n) is 8.56. The number of carbonyl (C=O) groups is 3. The summed E-state index contributed by atoms with van der Waals surface area (Å²) in [4.78, 5) is 37.9. The van der Waals surface area contributed by atoms with E-state index >= 15 is 0 Å². The number of unbranched alkanes of at least 4 members (excludes halogenated alkanes) is 35. The van der Waals surface area contributed by atoms with E-state index in [2.05, 4.69) is 69.4 Å². The first kappa shape index (κ1) is 65.4. The predicted molar refractivity (Wildman–Crippen MR) is 293 cm³/mol.